The molecule has 0 unspecified atom stereocenters. The Morgan fingerprint density at radius 2 is 2.08 bits per heavy atom. The predicted molar refractivity (Wildman–Crippen MR) is 53.2 cm³/mol. The first-order valence-electron chi connectivity index (χ1n) is 4.12. The van der Waals surface area contributed by atoms with E-state index in [4.69, 9.17) is 0 Å². The van der Waals surface area contributed by atoms with Gasteiger partial charge in [0.15, 0.2) is 0 Å². The molecule has 0 rings (SSSR count). The number of esters is 1. The van der Waals surface area contributed by atoms with Gasteiger partial charge in [0.05, 0.1) is 33.3 Å². The van der Waals surface area contributed by atoms with Gasteiger partial charge >= 0.3 is 5.97 Å². The van der Waals surface area contributed by atoms with Crippen LogP contribution < -0.4 is 0 Å². The van der Waals surface area contributed by atoms with Gasteiger partial charge in [0.1, 0.15) is 6.54 Å². The fourth-order valence-electron chi connectivity index (χ4n) is 1.14. The van der Waals surface area contributed by atoms with Gasteiger partial charge < -0.3 is 9.22 Å². The summed E-state index contributed by atoms with van der Waals surface area (Å²) in [6.45, 7) is 8.71. The van der Waals surface area contributed by atoms with Crippen molar-refractivity contribution in [3.63, 3.8) is 0 Å². The van der Waals surface area contributed by atoms with Crippen LogP contribution in [0.4, 0.5) is 0 Å². The van der Waals surface area contributed by atoms with Gasteiger partial charge in [-0.2, -0.15) is 0 Å². The highest BCUT2D eigenvalue weighted by Gasteiger charge is 2.19. The number of likely N-dealkylation sites (N-methyl/N-ethyl adjacent to an activating group) is 1. The summed E-state index contributed by atoms with van der Waals surface area (Å²) in [7, 11) is 5.38. The zero-order chi connectivity index (χ0) is 10.5. The molecule has 0 radical (unpaired) electrons. The molecular weight excluding hydrogens is 166 g/mol. The molecule has 0 bridgehead atoms. The molecule has 0 spiro atoms. The molecule has 13 heavy (non-hydrogen) atoms. The molecule has 0 aliphatic carbocycles. The highest BCUT2D eigenvalue weighted by Crippen LogP contribution is 2.04. The summed E-state index contributed by atoms with van der Waals surface area (Å²) in [5.41, 5.74) is 0.495. The number of rotatable bonds is 5. The van der Waals surface area contributed by atoms with Crippen LogP contribution in [0, 0.1) is 0 Å². The number of nitrogens with zero attached hydrogens (tertiary/aromatic N) is 1. The van der Waals surface area contributed by atoms with Crippen molar-refractivity contribution in [1.82, 2.24) is 0 Å². The van der Waals surface area contributed by atoms with E-state index >= 15 is 0 Å². The minimum atomic E-state index is -0.338. The van der Waals surface area contributed by atoms with Crippen molar-refractivity contribution in [1.29, 1.82) is 0 Å². The maximum atomic E-state index is 11.0. The summed E-state index contributed by atoms with van der Waals surface area (Å²) < 4.78 is 5.23. The third-order valence-electron chi connectivity index (χ3n) is 1.72. The number of quaternary nitrogens is 1. The molecule has 0 heterocycles. The van der Waals surface area contributed by atoms with Gasteiger partial charge in [-0.25, -0.2) is 4.79 Å². The van der Waals surface area contributed by atoms with E-state index in [1.807, 2.05) is 20.2 Å². The fraction of sp³-hybridized carbons (Fsp3) is 0.500. The van der Waals surface area contributed by atoms with Crippen molar-refractivity contribution >= 4 is 5.97 Å². The summed E-state index contributed by atoms with van der Waals surface area (Å²) in [5.74, 6) is -0.338. The zero-order valence-corrected chi connectivity index (χ0v) is 8.67. The summed E-state index contributed by atoms with van der Waals surface area (Å²) in [6, 6.07) is 0. The van der Waals surface area contributed by atoms with Gasteiger partial charge in [-0.15, -0.1) is 0 Å². The molecule has 74 valence electrons. The molecule has 0 fully saturated rings. The van der Waals surface area contributed by atoms with Crippen molar-refractivity contribution in [3.05, 3.63) is 24.8 Å². The van der Waals surface area contributed by atoms with Crippen LogP contribution in [-0.2, 0) is 9.53 Å². The van der Waals surface area contributed by atoms with Crippen LogP contribution in [0.3, 0.4) is 0 Å². The van der Waals surface area contributed by atoms with Crippen LogP contribution >= 0.6 is 0 Å². The van der Waals surface area contributed by atoms with Crippen LogP contribution in [0.2, 0.25) is 0 Å². The average Bonchev–Trinajstić information content (AvgIpc) is 2.01. The molecule has 0 saturated heterocycles. The largest absolute Gasteiger partial charge is 0.466 e. The molecule has 3 nitrogen and oxygen atoms in total. The summed E-state index contributed by atoms with van der Waals surface area (Å²) >= 11 is 0. The lowest BCUT2D eigenvalue weighted by Crippen LogP contribution is -2.42. The number of carbonyl (C=O) groups is 1. The Balaban J connectivity index is 4.18. The molecule has 0 aliphatic rings. The zero-order valence-electron chi connectivity index (χ0n) is 8.67. The van der Waals surface area contributed by atoms with Gasteiger partial charge in [0.2, 0.25) is 0 Å². The number of hydrogen-bond acceptors (Lipinski definition) is 2. The van der Waals surface area contributed by atoms with Crippen molar-refractivity contribution in [2.75, 3.05) is 34.3 Å². The summed E-state index contributed by atoms with van der Waals surface area (Å²) in [6.07, 6.45) is 1.82. The van der Waals surface area contributed by atoms with Gasteiger partial charge in [0, 0.05) is 0 Å². The van der Waals surface area contributed by atoms with Gasteiger partial charge in [-0.1, -0.05) is 13.2 Å². The molecule has 0 atom stereocenters. The highest BCUT2D eigenvalue weighted by molar-refractivity contribution is 5.87. The average molecular weight is 184 g/mol. The number of methoxy groups -OCH3 is 1. The third-order valence-corrected chi connectivity index (χ3v) is 1.72. The Bertz CT molecular complexity index is 219. The summed E-state index contributed by atoms with van der Waals surface area (Å²) in [4.78, 5) is 11.0. The lowest BCUT2D eigenvalue weighted by atomic mass is 10.2. The Morgan fingerprint density at radius 1 is 1.54 bits per heavy atom. The van der Waals surface area contributed by atoms with Crippen LogP contribution in [0.1, 0.15) is 0 Å². The minimum absolute atomic E-state index is 0.338. The van der Waals surface area contributed by atoms with E-state index in [1.54, 1.807) is 0 Å². The molecule has 0 saturated carbocycles. The van der Waals surface area contributed by atoms with Gasteiger partial charge in [0.25, 0.3) is 0 Å². The Labute approximate surface area is 79.9 Å². The number of carbonyl (C=O) groups excluding carboxylic acids is 1. The molecule has 0 aromatic carbocycles. The smallest absolute Gasteiger partial charge is 0.338 e. The first kappa shape index (κ1) is 11.9. The van der Waals surface area contributed by atoms with Crippen LogP contribution in [0.5, 0.6) is 0 Å². The second-order valence-electron chi connectivity index (χ2n) is 3.66. The molecule has 0 N–H and O–H groups in total. The maximum Gasteiger partial charge on any atom is 0.338 e. The second kappa shape index (κ2) is 4.82. The predicted octanol–water partition coefficient (Wildman–Crippen LogP) is 0.978. The summed E-state index contributed by atoms with van der Waals surface area (Å²) in [5, 5.41) is 0. The maximum absolute atomic E-state index is 11.0. The topological polar surface area (TPSA) is 26.3 Å². The monoisotopic (exact) mass is 184 g/mol. The Hall–Kier alpha value is -1.09. The van der Waals surface area contributed by atoms with Crippen molar-refractivity contribution in [2.45, 2.75) is 0 Å². The normalized spacial score (nSPS) is 10.7. The molecule has 0 amide bonds. The van der Waals surface area contributed by atoms with E-state index in [9.17, 15) is 4.79 Å². The van der Waals surface area contributed by atoms with Crippen LogP contribution in [0.25, 0.3) is 0 Å². The van der Waals surface area contributed by atoms with Gasteiger partial charge in [-0.3, -0.25) is 0 Å². The van der Waals surface area contributed by atoms with Crippen molar-refractivity contribution in [3.8, 4) is 0 Å². The van der Waals surface area contributed by atoms with Crippen molar-refractivity contribution < 1.29 is 14.0 Å². The number of ether oxygens (including phenoxy) is 1. The quantitative estimate of drug-likeness (QED) is 0.275. The highest BCUT2D eigenvalue weighted by atomic mass is 16.5. The fourth-order valence-corrected chi connectivity index (χ4v) is 1.14. The van der Waals surface area contributed by atoms with Crippen LogP contribution in [-0.4, -0.2) is 44.7 Å². The molecule has 0 aromatic rings. The van der Waals surface area contributed by atoms with E-state index in [0.717, 1.165) is 6.54 Å². The van der Waals surface area contributed by atoms with Crippen LogP contribution in [0.15, 0.2) is 24.8 Å². The first-order valence-corrected chi connectivity index (χ1v) is 4.12. The molecular formula is C10H18NO2+. The van der Waals surface area contributed by atoms with Crippen molar-refractivity contribution in [2.24, 2.45) is 0 Å². The third kappa shape index (κ3) is 4.48. The van der Waals surface area contributed by atoms with E-state index in [0.29, 0.717) is 16.6 Å². The van der Waals surface area contributed by atoms with Gasteiger partial charge in [-0.05, 0) is 6.08 Å². The molecule has 0 aromatic heterocycles. The SMILES string of the molecule is C=CC[N+](C)(C)CC(=C)C(=O)OC. The molecule has 0 aliphatic heterocycles. The van der Waals surface area contributed by atoms with E-state index in [1.165, 1.54) is 7.11 Å². The van der Waals surface area contributed by atoms with E-state index < -0.39 is 0 Å². The Morgan fingerprint density at radius 3 is 2.46 bits per heavy atom. The standard InChI is InChI=1S/C10H18NO2/c1-6-7-11(3,4)8-9(2)10(12)13-5/h6H,1-2,7-8H2,3-5H3/q+1. The number of hydrogen-bond donors (Lipinski definition) is 0. The minimum Gasteiger partial charge on any atom is -0.466 e. The first-order chi connectivity index (χ1) is 5.93. The van der Waals surface area contributed by atoms with E-state index in [-0.39, 0.29) is 5.97 Å². The lowest BCUT2D eigenvalue weighted by Gasteiger charge is -2.28. The van der Waals surface area contributed by atoms with E-state index in [2.05, 4.69) is 17.9 Å². The lowest BCUT2D eigenvalue weighted by molar-refractivity contribution is -0.879. The Kier molecular flexibility index (Phi) is 4.42. The second-order valence-corrected chi connectivity index (χ2v) is 3.66. The molecule has 3 heteroatoms.